The monoisotopic (exact) mass is 578 g/mol. The van der Waals surface area contributed by atoms with Crippen molar-refractivity contribution in [2.24, 2.45) is 11.1 Å². The Labute approximate surface area is 235 Å². The van der Waals surface area contributed by atoms with Gasteiger partial charge in [0.25, 0.3) is 0 Å². The van der Waals surface area contributed by atoms with Gasteiger partial charge < -0.3 is 25.6 Å². The number of carbonyl (C=O) groups excluding carboxylic acids is 3. The molecule has 2 aromatic rings. The van der Waals surface area contributed by atoms with Crippen LogP contribution >= 0.6 is 0 Å². The number of hydrogen-bond acceptors (Lipinski definition) is 5. The van der Waals surface area contributed by atoms with Gasteiger partial charge >= 0.3 is 0 Å². The summed E-state index contributed by atoms with van der Waals surface area (Å²) in [6, 6.07) is 5.35. The van der Waals surface area contributed by atoms with Crippen molar-refractivity contribution in [2.45, 2.75) is 50.8 Å². The average Bonchev–Trinajstić information content (AvgIpc) is 3.14. The lowest BCUT2D eigenvalue weighted by molar-refractivity contribution is -0.147. The van der Waals surface area contributed by atoms with Crippen LogP contribution < -0.4 is 11.1 Å². The van der Waals surface area contributed by atoms with E-state index in [1.807, 2.05) is 0 Å². The zero-order valence-electron chi connectivity index (χ0n) is 23.2. The molecule has 3 N–H and O–H groups in total. The van der Waals surface area contributed by atoms with Crippen LogP contribution in [0.4, 0.5) is 17.6 Å². The van der Waals surface area contributed by atoms with E-state index in [1.54, 1.807) is 7.05 Å². The van der Waals surface area contributed by atoms with Crippen LogP contribution in [0, 0.1) is 28.7 Å². The lowest BCUT2D eigenvalue weighted by atomic mass is 9.69. The maximum Gasteiger partial charge on any atom is 0.247 e. The minimum atomic E-state index is -1.33. The Kier molecular flexibility index (Phi) is 8.74. The maximum atomic E-state index is 14.2. The number of amides is 3. The normalized spacial score (nSPS) is 21.9. The Morgan fingerprint density at radius 2 is 1.85 bits per heavy atom. The van der Waals surface area contributed by atoms with E-state index in [9.17, 15) is 31.9 Å². The van der Waals surface area contributed by atoms with Crippen LogP contribution in [0.3, 0.4) is 0 Å². The number of nitrogens with zero attached hydrogens (tertiary/aromatic N) is 2. The minimum absolute atomic E-state index is 0.0103. The Morgan fingerprint density at radius 3 is 2.51 bits per heavy atom. The molecule has 41 heavy (non-hydrogen) atoms. The van der Waals surface area contributed by atoms with E-state index in [2.05, 4.69) is 5.32 Å². The van der Waals surface area contributed by atoms with Crippen LogP contribution in [0.15, 0.2) is 36.4 Å². The summed E-state index contributed by atoms with van der Waals surface area (Å²) in [5, 5.41) is 2.60. The zero-order valence-corrected chi connectivity index (χ0v) is 23.2. The lowest BCUT2D eigenvalue weighted by Crippen LogP contribution is -2.60. The third kappa shape index (κ3) is 6.38. The fourth-order valence-electron chi connectivity index (χ4n) is 5.61. The number of halogens is 4. The molecule has 2 aromatic carbocycles. The van der Waals surface area contributed by atoms with Crippen molar-refractivity contribution in [3.05, 3.63) is 70.8 Å². The van der Waals surface area contributed by atoms with E-state index >= 15 is 0 Å². The number of likely N-dealkylation sites (N-methyl/N-ethyl adjacent to an activating group) is 1. The highest BCUT2D eigenvalue weighted by Gasteiger charge is 2.56. The topological polar surface area (TPSA) is 105 Å². The predicted octanol–water partition coefficient (Wildman–Crippen LogP) is 2.85. The van der Waals surface area contributed by atoms with Crippen LogP contribution in [-0.4, -0.2) is 72.4 Å². The second-order valence-corrected chi connectivity index (χ2v) is 11.4. The first-order chi connectivity index (χ1) is 19.2. The molecule has 0 aliphatic carbocycles. The van der Waals surface area contributed by atoms with E-state index < -0.39 is 58.0 Å². The molecular formula is C29H34F4N4O4. The molecule has 4 rings (SSSR count). The number of likely N-dealkylation sites (tertiary alicyclic amines) is 2. The largest absolute Gasteiger partial charge is 0.374 e. The summed E-state index contributed by atoms with van der Waals surface area (Å²) in [7, 11) is 1.62. The van der Waals surface area contributed by atoms with E-state index in [0.29, 0.717) is 24.5 Å². The second-order valence-electron chi connectivity index (χ2n) is 11.4. The summed E-state index contributed by atoms with van der Waals surface area (Å²) in [4.78, 5) is 43.0. The molecule has 0 aromatic heterocycles. The van der Waals surface area contributed by atoms with Gasteiger partial charge in [-0.05, 0) is 50.5 Å². The molecule has 0 saturated carbocycles. The van der Waals surface area contributed by atoms with Gasteiger partial charge in [-0.2, -0.15) is 0 Å². The minimum Gasteiger partial charge on any atom is -0.374 e. The van der Waals surface area contributed by atoms with Crippen molar-refractivity contribution < 1.29 is 36.7 Å². The highest BCUT2D eigenvalue weighted by Crippen LogP contribution is 2.49. The Morgan fingerprint density at radius 1 is 1.12 bits per heavy atom. The van der Waals surface area contributed by atoms with Crippen LogP contribution in [0.5, 0.6) is 0 Å². The highest BCUT2D eigenvalue weighted by atomic mass is 19.2. The number of piperidine rings is 1. The first-order valence-corrected chi connectivity index (χ1v) is 13.3. The third-order valence-corrected chi connectivity index (χ3v) is 7.82. The molecule has 2 aliphatic rings. The van der Waals surface area contributed by atoms with Gasteiger partial charge in [-0.15, -0.1) is 0 Å². The standard InChI is InChI=1S/C29H34F4N4O4/c1-28(2,34)26(39)35-24(15-41-14-18-5-7-19(30)12-22(18)32)25(38)37-10-4-9-29(16-37)20(13-36(3)27(29)40)17-6-8-21(31)23(33)11-17/h5-8,11-12,20,24H,4,9-10,13-16,34H2,1-3H3,(H,35,39)/t20?,24-,29?/m1/s1. The Balaban J connectivity index is 1.57. The molecule has 222 valence electrons. The van der Waals surface area contributed by atoms with Gasteiger partial charge in [0.15, 0.2) is 11.6 Å². The number of nitrogens with two attached hydrogens (primary N) is 1. The van der Waals surface area contributed by atoms with E-state index in [0.717, 1.165) is 18.2 Å². The first-order valence-electron chi connectivity index (χ1n) is 13.3. The zero-order chi connectivity index (χ0) is 30.1. The molecule has 3 amide bonds. The fourth-order valence-corrected chi connectivity index (χ4v) is 5.61. The van der Waals surface area contributed by atoms with Crippen molar-refractivity contribution in [3.63, 3.8) is 0 Å². The van der Waals surface area contributed by atoms with Crippen molar-refractivity contribution in [1.29, 1.82) is 0 Å². The van der Waals surface area contributed by atoms with Crippen molar-refractivity contribution >= 4 is 17.7 Å². The van der Waals surface area contributed by atoms with E-state index in [4.69, 9.17) is 10.5 Å². The Hall–Kier alpha value is -3.51. The quantitative estimate of drug-likeness (QED) is 0.469. The summed E-state index contributed by atoms with van der Waals surface area (Å²) in [5.41, 5.74) is 4.04. The summed E-state index contributed by atoms with van der Waals surface area (Å²) >= 11 is 0. The van der Waals surface area contributed by atoms with Crippen LogP contribution in [0.25, 0.3) is 0 Å². The van der Waals surface area contributed by atoms with Crippen LogP contribution in [0.1, 0.15) is 43.7 Å². The van der Waals surface area contributed by atoms with Gasteiger partial charge in [-0.1, -0.05) is 12.1 Å². The smallest absolute Gasteiger partial charge is 0.247 e. The second kappa shape index (κ2) is 11.8. The van der Waals surface area contributed by atoms with Gasteiger partial charge in [-0.3, -0.25) is 14.4 Å². The molecular weight excluding hydrogens is 544 g/mol. The van der Waals surface area contributed by atoms with Crippen molar-refractivity contribution in [1.82, 2.24) is 15.1 Å². The average molecular weight is 579 g/mol. The van der Waals surface area contributed by atoms with Gasteiger partial charge in [0.05, 0.1) is 24.2 Å². The Bertz CT molecular complexity index is 1330. The first kappa shape index (κ1) is 30.4. The number of hydrogen-bond donors (Lipinski definition) is 2. The molecule has 3 atom stereocenters. The van der Waals surface area contributed by atoms with Gasteiger partial charge in [-0.25, -0.2) is 17.6 Å². The summed E-state index contributed by atoms with van der Waals surface area (Å²) < 4.78 is 60.8. The number of carbonyl (C=O) groups is 3. The van der Waals surface area contributed by atoms with Crippen molar-refractivity contribution in [2.75, 3.05) is 33.3 Å². The summed E-state index contributed by atoms with van der Waals surface area (Å²) in [6.45, 7) is 2.84. The number of benzene rings is 2. The number of rotatable bonds is 8. The predicted molar refractivity (Wildman–Crippen MR) is 141 cm³/mol. The van der Waals surface area contributed by atoms with E-state index in [1.165, 1.54) is 35.8 Å². The van der Waals surface area contributed by atoms with Gasteiger partial charge in [0.2, 0.25) is 17.7 Å². The molecule has 2 saturated heterocycles. The molecule has 2 unspecified atom stereocenters. The third-order valence-electron chi connectivity index (χ3n) is 7.82. The molecule has 12 heteroatoms. The maximum absolute atomic E-state index is 14.2. The molecule has 0 radical (unpaired) electrons. The summed E-state index contributed by atoms with van der Waals surface area (Å²) in [6.07, 6.45) is 0.882. The fraction of sp³-hybridized carbons (Fsp3) is 0.483. The van der Waals surface area contributed by atoms with Crippen LogP contribution in [-0.2, 0) is 25.7 Å². The molecule has 1 spiro atoms. The summed E-state index contributed by atoms with van der Waals surface area (Å²) in [5.74, 6) is -5.46. The number of ether oxygens (including phenoxy) is 1. The molecule has 2 aliphatic heterocycles. The highest BCUT2D eigenvalue weighted by molar-refractivity contribution is 5.92. The molecule has 8 nitrogen and oxygen atoms in total. The van der Waals surface area contributed by atoms with Gasteiger partial charge in [0, 0.05) is 44.2 Å². The molecule has 2 fully saturated rings. The van der Waals surface area contributed by atoms with Crippen LogP contribution in [0.2, 0.25) is 0 Å². The van der Waals surface area contributed by atoms with Crippen molar-refractivity contribution in [3.8, 4) is 0 Å². The SMILES string of the molecule is CN1CC(c2ccc(F)c(F)c2)C2(CCCN(C(=O)[C@@H](COCc3ccc(F)cc3F)NC(=O)C(C)(C)N)C2)C1=O. The molecule has 0 bridgehead atoms. The lowest BCUT2D eigenvalue weighted by Gasteiger charge is -2.43. The van der Waals surface area contributed by atoms with E-state index in [-0.39, 0.29) is 44.3 Å². The van der Waals surface area contributed by atoms with Gasteiger partial charge in [0.1, 0.15) is 17.7 Å². The number of nitrogens with one attached hydrogen (secondary N) is 1. The molecule has 2 heterocycles.